The SMILES string of the molecule is CN(CC#CC(O)CC(C)(C)C)Cc1cccc2ccccc12. The molecule has 0 radical (unpaired) electrons. The van der Waals surface area contributed by atoms with Crippen molar-refractivity contribution in [1.82, 2.24) is 4.90 Å². The molecule has 0 spiro atoms. The second-order valence-electron chi connectivity index (χ2n) is 7.41. The molecular formula is C21H27NO. The average molecular weight is 309 g/mol. The third kappa shape index (κ3) is 5.71. The Balaban J connectivity index is 1.96. The minimum Gasteiger partial charge on any atom is -0.380 e. The summed E-state index contributed by atoms with van der Waals surface area (Å²) >= 11 is 0. The van der Waals surface area contributed by atoms with Crippen molar-refractivity contribution in [2.75, 3.05) is 13.6 Å². The quantitative estimate of drug-likeness (QED) is 0.861. The minimum atomic E-state index is -0.541. The van der Waals surface area contributed by atoms with Gasteiger partial charge in [0, 0.05) is 6.54 Å². The van der Waals surface area contributed by atoms with Gasteiger partial charge in [-0.05, 0) is 35.2 Å². The predicted molar refractivity (Wildman–Crippen MR) is 98.1 cm³/mol. The molecule has 0 amide bonds. The predicted octanol–water partition coefficient (Wildman–Crippen LogP) is 4.07. The van der Waals surface area contributed by atoms with Crippen molar-refractivity contribution < 1.29 is 5.11 Å². The Morgan fingerprint density at radius 3 is 2.52 bits per heavy atom. The molecule has 2 heteroatoms. The topological polar surface area (TPSA) is 23.5 Å². The van der Waals surface area contributed by atoms with Gasteiger partial charge in [0.2, 0.25) is 0 Å². The number of fused-ring (bicyclic) bond motifs is 1. The Morgan fingerprint density at radius 2 is 1.78 bits per heavy atom. The van der Waals surface area contributed by atoms with Gasteiger partial charge in [-0.1, -0.05) is 75.1 Å². The number of benzene rings is 2. The summed E-state index contributed by atoms with van der Waals surface area (Å²) in [6.07, 6.45) is 0.161. The van der Waals surface area contributed by atoms with Crippen LogP contribution < -0.4 is 0 Å². The van der Waals surface area contributed by atoms with Gasteiger partial charge in [-0.25, -0.2) is 0 Å². The summed E-state index contributed by atoms with van der Waals surface area (Å²) in [6, 6.07) is 14.9. The first kappa shape index (κ1) is 17.5. The fourth-order valence-electron chi connectivity index (χ4n) is 2.71. The van der Waals surface area contributed by atoms with E-state index in [1.807, 2.05) is 0 Å². The smallest absolute Gasteiger partial charge is 0.115 e. The molecule has 2 rings (SSSR count). The highest BCUT2D eigenvalue weighted by Gasteiger charge is 2.14. The molecule has 2 aromatic rings. The van der Waals surface area contributed by atoms with E-state index in [1.165, 1.54) is 16.3 Å². The summed E-state index contributed by atoms with van der Waals surface area (Å²) in [7, 11) is 2.06. The summed E-state index contributed by atoms with van der Waals surface area (Å²) in [5.74, 6) is 6.06. The summed E-state index contributed by atoms with van der Waals surface area (Å²) in [5, 5.41) is 12.5. The van der Waals surface area contributed by atoms with Gasteiger partial charge in [-0.3, -0.25) is 4.90 Å². The molecular weight excluding hydrogens is 282 g/mol. The van der Waals surface area contributed by atoms with Crippen LogP contribution in [-0.4, -0.2) is 29.7 Å². The van der Waals surface area contributed by atoms with E-state index in [-0.39, 0.29) is 5.41 Å². The van der Waals surface area contributed by atoms with Crippen LogP contribution in [0.4, 0.5) is 0 Å². The number of rotatable bonds is 4. The standard InChI is InChI=1S/C21H27NO/c1-21(2,3)15-19(23)12-8-14-22(4)16-18-11-7-10-17-9-5-6-13-20(17)18/h5-7,9-11,13,19,23H,14-16H2,1-4H3. The fraction of sp³-hybridized carbons (Fsp3) is 0.429. The Kier molecular flexibility index (Phi) is 5.82. The van der Waals surface area contributed by atoms with Crippen molar-refractivity contribution in [1.29, 1.82) is 0 Å². The van der Waals surface area contributed by atoms with E-state index in [0.717, 1.165) is 6.54 Å². The molecule has 122 valence electrons. The highest BCUT2D eigenvalue weighted by Crippen LogP contribution is 2.20. The molecule has 0 bridgehead atoms. The molecule has 0 heterocycles. The highest BCUT2D eigenvalue weighted by atomic mass is 16.3. The number of nitrogens with zero attached hydrogens (tertiary/aromatic N) is 1. The van der Waals surface area contributed by atoms with Gasteiger partial charge in [0.05, 0.1) is 6.54 Å². The molecule has 0 aliphatic carbocycles. The minimum absolute atomic E-state index is 0.100. The van der Waals surface area contributed by atoms with E-state index in [4.69, 9.17) is 0 Å². The van der Waals surface area contributed by atoms with E-state index >= 15 is 0 Å². The third-order valence-corrected chi connectivity index (χ3v) is 3.74. The van der Waals surface area contributed by atoms with Crippen LogP contribution in [-0.2, 0) is 6.54 Å². The lowest BCUT2D eigenvalue weighted by molar-refractivity contribution is 0.169. The van der Waals surface area contributed by atoms with Crippen LogP contribution in [0, 0.1) is 17.3 Å². The van der Waals surface area contributed by atoms with Crippen molar-refractivity contribution in [2.24, 2.45) is 5.41 Å². The lowest BCUT2D eigenvalue weighted by Crippen LogP contribution is -2.19. The van der Waals surface area contributed by atoms with Crippen molar-refractivity contribution in [3.63, 3.8) is 0 Å². The Bertz CT molecular complexity index is 698. The molecule has 0 saturated carbocycles. The van der Waals surface area contributed by atoms with Gasteiger partial charge < -0.3 is 5.11 Å². The van der Waals surface area contributed by atoms with Crippen LogP contribution in [0.2, 0.25) is 0 Å². The van der Waals surface area contributed by atoms with E-state index in [0.29, 0.717) is 13.0 Å². The third-order valence-electron chi connectivity index (χ3n) is 3.74. The maximum absolute atomic E-state index is 9.94. The Hall–Kier alpha value is -1.82. The average Bonchev–Trinajstić information content (AvgIpc) is 2.45. The summed E-state index contributed by atoms with van der Waals surface area (Å²) < 4.78 is 0. The van der Waals surface area contributed by atoms with Crippen molar-refractivity contribution in [3.8, 4) is 11.8 Å². The van der Waals surface area contributed by atoms with Crippen molar-refractivity contribution in [3.05, 3.63) is 48.0 Å². The molecule has 0 aliphatic heterocycles. The number of aliphatic hydroxyl groups excluding tert-OH is 1. The van der Waals surface area contributed by atoms with Gasteiger partial charge in [0.25, 0.3) is 0 Å². The zero-order chi connectivity index (χ0) is 16.9. The largest absolute Gasteiger partial charge is 0.380 e. The van der Waals surface area contributed by atoms with Crippen LogP contribution in [0.5, 0.6) is 0 Å². The van der Waals surface area contributed by atoms with Gasteiger partial charge in [0.1, 0.15) is 6.10 Å². The lowest BCUT2D eigenvalue weighted by atomic mass is 9.89. The van der Waals surface area contributed by atoms with Crippen LogP contribution >= 0.6 is 0 Å². The highest BCUT2D eigenvalue weighted by molar-refractivity contribution is 5.85. The summed E-state index contributed by atoms with van der Waals surface area (Å²) in [5.41, 5.74) is 1.41. The van der Waals surface area contributed by atoms with Gasteiger partial charge in [0.15, 0.2) is 0 Å². The maximum atomic E-state index is 9.94. The number of hydrogen-bond donors (Lipinski definition) is 1. The first-order valence-corrected chi connectivity index (χ1v) is 8.17. The van der Waals surface area contributed by atoms with Gasteiger partial charge >= 0.3 is 0 Å². The fourth-order valence-corrected chi connectivity index (χ4v) is 2.71. The summed E-state index contributed by atoms with van der Waals surface area (Å²) in [6.45, 7) is 7.86. The van der Waals surface area contributed by atoms with Gasteiger partial charge in [-0.2, -0.15) is 0 Å². The molecule has 1 unspecified atom stereocenters. The van der Waals surface area contributed by atoms with Crippen LogP contribution in [0.1, 0.15) is 32.8 Å². The Morgan fingerprint density at radius 1 is 1.09 bits per heavy atom. The number of aliphatic hydroxyl groups is 1. The van der Waals surface area contributed by atoms with Crippen molar-refractivity contribution >= 4 is 10.8 Å². The van der Waals surface area contributed by atoms with E-state index in [9.17, 15) is 5.11 Å². The molecule has 2 aromatic carbocycles. The monoisotopic (exact) mass is 309 g/mol. The zero-order valence-corrected chi connectivity index (χ0v) is 14.6. The molecule has 2 nitrogen and oxygen atoms in total. The number of hydrogen-bond acceptors (Lipinski definition) is 2. The molecule has 23 heavy (non-hydrogen) atoms. The lowest BCUT2D eigenvalue weighted by Gasteiger charge is -2.19. The van der Waals surface area contributed by atoms with Crippen molar-refractivity contribution in [2.45, 2.75) is 39.8 Å². The Labute approximate surface area is 140 Å². The molecule has 1 atom stereocenters. The molecule has 0 aromatic heterocycles. The first-order valence-electron chi connectivity index (χ1n) is 8.17. The van der Waals surface area contributed by atoms with E-state index in [1.54, 1.807) is 0 Å². The van der Waals surface area contributed by atoms with Crippen LogP contribution in [0.15, 0.2) is 42.5 Å². The molecule has 0 saturated heterocycles. The maximum Gasteiger partial charge on any atom is 0.115 e. The molecule has 1 N–H and O–H groups in total. The van der Waals surface area contributed by atoms with E-state index in [2.05, 4.69) is 87.0 Å². The normalized spacial score (nSPS) is 13.0. The van der Waals surface area contributed by atoms with E-state index < -0.39 is 6.10 Å². The van der Waals surface area contributed by atoms with Crippen LogP contribution in [0.3, 0.4) is 0 Å². The van der Waals surface area contributed by atoms with Crippen LogP contribution in [0.25, 0.3) is 10.8 Å². The zero-order valence-electron chi connectivity index (χ0n) is 14.6. The molecule has 0 fully saturated rings. The second kappa shape index (κ2) is 7.64. The molecule has 0 aliphatic rings. The second-order valence-corrected chi connectivity index (χ2v) is 7.41. The first-order chi connectivity index (χ1) is 10.8. The summed E-state index contributed by atoms with van der Waals surface area (Å²) in [4.78, 5) is 2.18. The van der Waals surface area contributed by atoms with Gasteiger partial charge in [-0.15, -0.1) is 0 Å².